The maximum Gasteiger partial charge on any atom is 0.261 e. The summed E-state index contributed by atoms with van der Waals surface area (Å²) in [6.07, 6.45) is 3.45. The van der Waals surface area contributed by atoms with Crippen molar-refractivity contribution in [3.8, 4) is 5.75 Å². The molecule has 4 rings (SSSR count). The first-order valence-electron chi connectivity index (χ1n) is 8.42. The lowest BCUT2D eigenvalue weighted by Gasteiger charge is -2.33. The molecular weight excluding hydrogens is 302 g/mol. The summed E-state index contributed by atoms with van der Waals surface area (Å²) in [5.74, 6) is 0.577. The minimum atomic E-state index is -0.150. The van der Waals surface area contributed by atoms with Gasteiger partial charge in [0, 0.05) is 6.04 Å². The Morgan fingerprint density at radius 1 is 0.750 bits per heavy atom. The lowest BCUT2D eigenvalue weighted by Crippen LogP contribution is -2.43. The highest BCUT2D eigenvalue weighted by Gasteiger charge is 2.41. The number of para-hydroxylation sites is 1. The second-order valence-electron chi connectivity index (χ2n) is 6.39. The molecule has 0 spiro atoms. The summed E-state index contributed by atoms with van der Waals surface area (Å²) in [7, 11) is 0. The first-order valence-corrected chi connectivity index (χ1v) is 8.42. The molecule has 122 valence electrons. The number of hydrogen-bond donors (Lipinski definition) is 0. The second kappa shape index (κ2) is 6.11. The van der Waals surface area contributed by atoms with E-state index in [0.717, 1.165) is 31.4 Å². The zero-order valence-corrected chi connectivity index (χ0v) is 13.4. The Kier molecular flexibility index (Phi) is 3.81. The van der Waals surface area contributed by atoms with E-state index in [-0.39, 0.29) is 24.0 Å². The standard InChI is InChI=1S/C20H19NO3/c22-19-17-8-4-5-9-18(17)20(23)21(19)14-10-12-16(13-11-14)24-15-6-2-1-3-7-15/h1-9,14,16H,10-13H2. The van der Waals surface area contributed by atoms with Gasteiger partial charge in [0.15, 0.2) is 0 Å². The van der Waals surface area contributed by atoms with Crippen molar-refractivity contribution < 1.29 is 14.3 Å². The van der Waals surface area contributed by atoms with E-state index >= 15 is 0 Å². The maximum absolute atomic E-state index is 12.6. The highest BCUT2D eigenvalue weighted by Crippen LogP contribution is 2.32. The minimum Gasteiger partial charge on any atom is -0.490 e. The fraction of sp³-hybridized carbons (Fsp3) is 0.300. The van der Waals surface area contributed by atoms with Crippen LogP contribution in [0.5, 0.6) is 5.75 Å². The Morgan fingerprint density at radius 3 is 1.88 bits per heavy atom. The molecule has 4 nitrogen and oxygen atoms in total. The molecule has 2 aliphatic rings. The van der Waals surface area contributed by atoms with E-state index in [1.807, 2.05) is 30.3 Å². The molecule has 0 bridgehead atoms. The van der Waals surface area contributed by atoms with Crippen molar-refractivity contribution in [2.75, 3.05) is 0 Å². The third-order valence-corrected chi connectivity index (χ3v) is 4.88. The molecule has 1 fully saturated rings. The summed E-state index contributed by atoms with van der Waals surface area (Å²) in [6, 6.07) is 16.8. The van der Waals surface area contributed by atoms with Crippen LogP contribution in [-0.2, 0) is 0 Å². The smallest absolute Gasteiger partial charge is 0.261 e. The van der Waals surface area contributed by atoms with E-state index in [1.54, 1.807) is 24.3 Å². The van der Waals surface area contributed by atoms with Crippen molar-refractivity contribution in [2.24, 2.45) is 0 Å². The van der Waals surface area contributed by atoms with Gasteiger partial charge in [-0.1, -0.05) is 30.3 Å². The van der Waals surface area contributed by atoms with Crippen LogP contribution in [0.25, 0.3) is 0 Å². The van der Waals surface area contributed by atoms with Gasteiger partial charge in [0.1, 0.15) is 5.75 Å². The van der Waals surface area contributed by atoms with E-state index in [9.17, 15) is 9.59 Å². The number of fused-ring (bicyclic) bond motifs is 1. The van der Waals surface area contributed by atoms with Gasteiger partial charge in [-0.05, 0) is 49.9 Å². The molecule has 0 N–H and O–H groups in total. The number of ether oxygens (including phenoxy) is 1. The van der Waals surface area contributed by atoms with E-state index in [1.165, 1.54) is 4.90 Å². The first-order chi connectivity index (χ1) is 11.7. The van der Waals surface area contributed by atoms with Gasteiger partial charge in [-0.2, -0.15) is 0 Å². The van der Waals surface area contributed by atoms with Crippen molar-refractivity contribution in [3.05, 3.63) is 65.7 Å². The van der Waals surface area contributed by atoms with E-state index in [2.05, 4.69) is 0 Å². The van der Waals surface area contributed by atoms with E-state index in [4.69, 9.17) is 4.74 Å². The number of hydrogen-bond acceptors (Lipinski definition) is 3. The molecule has 0 radical (unpaired) electrons. The zero-order valence-electron chi connectivity index (χ0n) is 13.4. The Labute approximate surface area is 141 Å². The maximum atomic E-state index is 12.6. The van der Waals surface area contributed by atoms with Crippen LogP contribution < -0.4 is 4.74 Å². The van der Waals surface area contributed by atoms with Gasteiger partial charge in [-0.25, -0.2) is 0 Å². The van der Waals surface area contributed by atoms with Crippen LogP contribution in [0.1, 0.15) is 46.4 Å². The molecule has 2 amide bonds. The molecule has 1 heterocycles. The van der Waals surface area contributed by atoms with Crippen molar-refractivity contribution in [2.45, 2.75) is 37.8 Å². The van der Waals surface area contributed by atoms with Crippen LogP contribution in [0.3, 0.4) is 0 Å². The van der Waals surface area contributed by atoms with Gasteiger partial charge in [-0.3, -0.25) is 14.5 Å². The highest BCUT2D eigenvalue weighted by molar-refractivity contribution is 6.21. The number of nitrogens with zero attached hydrogens (tertiary/aromatic N) is 1. The fourth-order valence-electron chi connectivity index (χ4n) is 3.65. The van der Waals surface area contributed by atoms with Crippen LogP contribution in [0.4, 0.5) is 0 Å². The quantitative estimate of drug-likeness (QED) is 0.810. The molecule has 2 aromatic carbocycles. The number of benzene rings is 2. The summed E-state index contributed by atoms with van der Waals surface area (Å²) >= 11 is 0. The lowest BCUT2D eigenvalue weighted by atomic mass is 9.91. The molecule has 4 heteroatoms. The third-order valence-electron chi connectivity index (χ3n) is 4.88. The SMILES string of the molecule is O=C1c2ccccc2C(=O)N1C1CCC(Oc2ccccc2)CC1. The Morgan fingerprint density at radius 2 is 1.29 bits per heavy atom. The Balaban J connectivity index is 1.42. The van der Waals surface area contributed by atoms with Gasteiger partial charge in [0.25, 0.3) is 11.8 Å². The normalized spacial score (nSPS) is 23.2. The van der Waals surface area contributed by atoms with Gasteiger partial charge in [-0.15, -0.1) is 0 Å². The average molecular weight is 321 g/mol. The molecule has 0 aromatic heterocycles. The Bertz CT molecular complexity index is 728. The molecule has 2 aromatic rings. The van der Waals surface area contributed by atoms with Crippen LogP contribution >= 0.6 is 0 Å². The van der Waals surface area contributed by atoms with Crippen molar-refractivity contribution in [3.63, 3.8) is 0 Å². The number of rotatable bonds is 3. The molecule has 0 saturated heterocycles. The summed E-state index contributed by atoms with van der Waals surface area (Å²) in [5, 5.41) is 0. The fourth-order valence-corrected chi connectivity index (χ4v) is 3.65. The number of imide groups is 1. The average Bonchev–Trinajstić information content (AvgIpc) is 2.88. The van der Waals surface area contributed by atoms with Gasteiger partial charge < -0.3 is 4.74 Å². The topological polar surface area (TPSA) is 46.6 Å². The molecule has 0 atom stereocenters. The molecule has 1 aliphatic carbocycles. The number of carbonyl (C=O) groups is 2. The predicted octanol–water partition coefficient (Wildman–Crippen LogP) is 3.67. The highest BCUT2D eigenvalue weighted by atomic mass is 16.5. The van der Waals surface area contributed by atoms with E-state index < -0.39 is 0 Å². The summed E-state index contributed by atoms with van der Waals surface area (Å²) in [5.41, 5.74) is 1.07. The predicted molar refractivity (Wildman–Crippen MR) is 90.1 cm³/mol. The third kappa shape index (κ3) is 2.58. The van der Waals surface area contributed by atoms with Gasteiger partial charge in [0.2, 0.25) is 0 Å². The van der Waals surface area contributed by atoms with Gasteiger partial charge in [0.05, 0.1) is 17.2 Å². The van der Waals surface area contributed by atoms with Crippen LogP contribution in [0.2, 0.25) is 0 Å². The minimum absolute atomic E-state index is 0.0203. The summed E-state index contributed by atoms with van der Waals surface area (Å²) < 4.78 is 5.99. The number of carbonyl (C=O) groups excluding carboxylic acids is 2. The zero-order chi connectivity index (χ0) is 16.5. The van der Waals surface area contributed by atoms with Crippen LogP contribution in [0.15, 0.2) is 54.6 Å². The lowest BCUT2D eigenvalue weighted by molar-refractivity contribution is 0.0478. The molecule has 1 saturated carbocycles. The second-order valence-corrected chi connectivity index (χ2v) is 6.39. The van der Waals surface area contributed by atoms with Crippen molar-refractivity contribution in [1.82, 2.24) is 4.90 Å². The van der Waals surface area contributed by atoms with Crippen LogP contribution in [-0.4, -0.2) is 28.9 Å². The van der Waals surface area contributed by atoms with Crippen molar-refractivity contribution >= 4 is 11.8 Å². The first kappa shape index (κ1) is 14.9. The summed E-state index contributed by atoms with van der Waals surface area (Å²) in [4.78, 5) is 26.6. The van der Waals surface area contributed by atoms with E-state index in [0.29, 0.717) is 11.1 Å². The molecule has 1 aliphatic heterocycles. The number of amides is 2. The Hall–Kier alpha value is -2.62. The molecule has 0 unspecified atom stereocenters. The summed E-state index contributed by atoms with van der Waals surface area (Å²) in [6.45, 7) is 0. The molecule has 24 heavy (non-hydrogen) atoms. The van der Waals surface area contributed by atoms with Crippen LogP contribution in [0, 0.1) is 0 Å². The van der Waals surface area contributed by atoms with Crippen molar-refractivity contribution in [1.29, 1.82) is 0 Å². The van der Waals surface area contributed by atoms with Gasteiger partial charge >= 0.3 is 0 Å². The monoisotopic (exact) mass is 321 g/mol. The largest absolute Gasteiger partial charge is 0.490 e. The molecular formula is C20H19NO3.